The molecule has 1 heterocycles. The summed E-state index contributed by atoms with van der Waals surface area (Å²) in [6.45, 7) is 3.79. The number of imidazole rings is 1. The van der Waals surface area contributed by atoms with Gasteiger partial charge in [0.2, 0.25) is 0 Å². The fraction of sp³-hybridized carbons (Fsp3) is 0.231. The third kappa shape index (κ3) is 5.32. The minimum absolute atomic E-state index is 0.204. The number of aromatic nitrogens is 2. The number of hydrogen-bond acceptors (Lipinski definition) is 3. The van der Waals surface area contributed by atoms with Gasteiger partial charge in [0.05, 0.1) is 17.6 Å². The van der Waals surface area contributed by atoms with Crippen LogP contribution in [0.15, 0.2) is 72.8 Å². The summed E-state index contributed by atoms with van der Waals surface area (Å²) < 4.78 is 21.1. The van der Waals surface area contributed by atoms with Gasteiger partial charge in [0.25, 0.3) is 5.91 Å². The molecule has 0 saturated carbocycles. The summed E-state index contributed by atoms with van der Waals surface area (Å²) in [5.41, 5.74) is 3.68. The zero-order valence-electron chi connectivity index (χ0n) is 18.1. The maximum atomic E-state index is 13.0. The average Bonchev–Trinajstić information content (AvgIpc) is 3.16. The quantitative estimate of drug-likeness (QED) is 0.383. The SMILES string of the molecule is Cc1ccc(OCCn2c(CCCNC(=O)c3ccc(F)cc3)nc3ccccc32)cc1. The van der Waals surface area contributed by atoms with E-state index in [1.165, 1.54) is 29.8 Å². The molecule has 0 radical (unpaired) electrons. The van der Waals surface area contributed by atoms with Crippen molar-refractivity contribution in [2.75, 3.05) is 13.2 Å². The fourth-order valence-corrected chi connectivity index (χ4v) is 3.61. The molecule has 0 atom stereocenters. The predicted molar refractivity (Wildman–Crippen MR) is 123 cm³/mol. The van der Waals surface area contributed by atoms with E-state index in [-0.39, 0.29) is 11.7 Å². The van der Waals surface area contributed by atoms with Crippen LogP contribution < -0.4 is 10.1 Å². The minimum atomic E-state index is -0.355. The normalized spacial score (nSPS) is 10.9. The van der Waals surface area contributed by atoms with Crippen molar-refractivity contribution in [3.8, 4) is 5.75 Å². The van der Waals surface area contributed by atoms with Crippen molar-refractivity contribution in [3.63, 3.8) is 0 Å². The number of hydrogen-bond donors (Lipinski definition) is 1. The van der Waals surface area contributed by atoms with E-state index in [0.29, 0.717) is 25.3 Å². The summed E-state index contributed by atoms with van der Waals surface area (Å²) >= 11 is 0. The summed E-state index contributed by atoms with van der Waals surface area (Å²) in [6.07, 6.45) is 1.47. The maximum Gasteiger partial charge on any atom is 0.251 e. The molecule has 0 aliphatic carbocycles. The number of amides is 1. The van der Waals surface area contributed by atoms with E-state index in [1.54, 1.807) is 0 Å². The van der Waals surface area contributed by atoms with E-state index < -0.39 is 0 Å². The molecule has 32 heavy (non-hydrogen) atoms. The Morgan fingerprint density at radius 2 is 1.78 bits per heavy atom. The Balaban J connectivity index is 1.35. The Morgan fingerprint density at radius 3 is 2.56 bits per heavy atom. The Morgan fingerprint density at radius 1 is 1.03 bits per heavy atom. The van der Waals surface area contributed by atoms with E-state index in [2.05, 4.69) is 22.9 Å². The number of rotatable bonds is 9. The highest BCUT2D eigenvalue weighted by Gasteiger charge is 2.11. The van der Waals surface area contributed by atoms with Crippen LogP contribution in [0.25, 0.3) is 11.0 Å². The Bertz CT molecular complexity index is 1180. The Hall–Kier alpha value is -3.67. The lowest BCUT2D eigenvalue weighted by molar-refractivity contribution is 0.0953. The van der Waals surface area contributed by atoms with E-state index in [0.717, 1.165) is 35.4 Å². The molecule has 0 bridgehead atoms. The number of carbonyl (C=O) groups excluding carboxylic acids is 1. The summed E-state index contributed by atoms with van der Waals surface area (Å²) in [6, 6.07) is 21.6. The number of fused-ring (bicyclic) bond motifs is 1. The van der Waals surface area contributed by atoms with Crippen LogP contribution in [0.2, 0.25) is 0 Å². The molecule has 1 aromatic heterocycles. The molecule has 4 aromatic rings. The molecule has 1 N–H and O–H groups in total. The smallest absolute Gasteiger partial charge is 0.251 e. The first kappa shape index (κ1) is 21.6. The van der Waals surface area contributed by atoms with Gasteiger partial charge in [-0.05, 0) is 61.9 Å². The third-order valence-corrected chi connectivity index (χ3v) is 5.31. The number of nitrogens with zero attached hydrogens (tertiary/aromatic N) is 2. The zero-order chi connectivity index (χ0) is 22.3. The Labute approximate surface area is 186 Å². The van der Waals surface area contributed by atoms with Crippen molar-refractivity contribution < 1.29 is 13.9 Å². The van der Waals surface area contributed by atoms with Gasteiger partial charge in [0, 0.05) is 18.5 Å². The van der Waals surface area contributed by atoms with E-state index in [4.69, 9.17) is 9.72 Å². The van der Waals surface area contributed by atoms with Crippen molar-refractivity contribution >= 4 is 16.9 Å². The third-order valence-electron chi connectivity index (χ3n) is 5.31. The van der Waals surface area contributed by atoms with Gasteiger partial charge in [-0.1, -0.05) is 29.8 Å². The molecule has 0 aliphatic heterocycles. The van der Waals surface area contributed by atoms with Crippen LogP contribution in [0.3, 0.4) is 0 Å². The van der Waals surface area contributed by atoms with Crippen molar-refractivity contribution in [2.45, 2.75) is 26.3 Å². The number of ether oxygens (including phenoxy) is 1. The number of aryl methyl sites for hydroxylation is 2. The lowest BCUT2D eigenvalue weighted by Crippen LogP contribution is -2.25. The average molecular weight is 432 g/mol. The molecule has 3 aromatic carbocycles. The molecule has 5 nitrogen and oxygen atoms in total. The second-order valence-corrected chi connectivity index (χ2v) is 7.70. The zero-order valence-corrected chi connectivity index (χ0v) is 18.1. The molecule has 6 heteroatoms. The fourth-order valence-electron chi connectivity index (χ4n) is 3.61. The van der Waals surface area contributed by atoms with Crippen LogP contribution in [0, 0.1) is 12.7 Å². The van der Waals surface area contributed by atoms with Gasteiger partial charge < -0.3 is 14.6 Å². The molecule has 0 aliphatic rings. The van der Waals surface area contributed by atoms with Crippen LogP contribution in [0.5, 0.6) is 5.75 Å². The van der Waals surface area contributed by atoms with Crippen LogP contribution in [0.1, 0.15) is 28.2 Å². The molecule has 164 valence electrons. The number of para-hydroxylation sites is 2. The van der Waals surface area contributed by atoms with Crippen molar-refractivity contribution in [1.29, 1.82) is 0 Å². The molecule has 1 amide bonds. The molecule has 0 saturated heterocycles. The van der Waals surface area contributed by atoms with Gasteiger partial charge in [-0.25, -0.2) is 9.37 Å². The maximum absolute atomic E-state index is 13.0. The summed E-state index contributed by atoms with van der Waals surface area (Å²) in [4.78, 5) is 17.0. The van der Waals surface area contributed by atoms with Crippen LogP contribution >= 0.6 is 0 Å². The number of halogens is 1. The van der Waals surface area contributed by atoms with Crippen molar-refractivity contribution in [2.24, 2.45) is 0 Å². The lowest BCUT2D eigenvalue weighted by Gasteiger charge is -2.11. The molecule has 4 rings (SSSR count). The largest absolute Gasteiger partial charge is 0.492 e. The first-order valence-electron chi connectivity index (χ1n) is 10.8. The number of nitrogens with one attached hydrogen (secondary N) is 1. The van der Waals surface area contributed by atoms with Crippen molar-refractivity contribution in [3.05, 3.63) is 95.6 Å². The van der Waals surface area contributed by atoms with Gasteiger partial charge in [-0.15, -0.1) is 0 Å². The minimum Gasteiger partial charge on any atom is -0.492 e. The topological polar surface area (TPSA) is 56.1 Å². The predicted octanol–water partition coefficient (Wildman–Crippen LogP) is 4.93. The first-order chi connectivity index (χ1) is 15.6. The number of carbonyl (C=O) groups is 1. The van der Waals surface area contributed by atoms with Crippen LogP contribution in [0.4, 0.5) is 4.39 Å². The van der Waals surface area contributed by atoms with E-state index in [9.17, 15) is 9.18 Å². The summed E-state index contributed by atoms with van der Waals surface area (Å²) in [5.74, 6) is 1.26. The van der Waals surface area contributed by atoms with Gasteiger partial charge in [0.15, 0.2) is 0 Å². The monoisotopic (exact) mass is 431 g/mol. The second kappa shape index (κ2) is 10.1. The van der Waals surface area contributed by atoms with Crippen LogP contribution in [-0.4, -0.2) is 28.6 Å². The number of benzene rings is 3. The van der Waals surface area contributed by atoms with Crippen molar-refractivity contribution in [1.82, 2.24) is 14.9 Å². The first-order valence-corrected chi connectivity index (χ1v) is 10.8. The molecule has 0 fully saturated rings. The second-order valence-electron chi connectivity index (χ2n) is 7.70. The van der Waals surface area contributed by atoms with Crippen LogP contribution in [-0.2, 0) is 13.0 Å². The van der Waals surface area contributed by atoms with Gasteiger partial charge >= 0.3 is 0 Å². The van der Waals surface area contributed by atoms with E-state index >= 15 is 0 Å². The highest BCUT2D eigenvalue weighted by molar-refractivity contribution is 5.94. The van der Waals surface area contributed by atoms with E-state index in [1.807, 2.05) is 42.5 Å². The standard InChI is InChI=1S/C26H26FN3O2/c1-19-8-14-22(15-9-19)32-18-17-30-24-6-3-2-5-23(24)29-25(30)7-4-16-28-26(31)20-10-12-21(27)13-11-20/h2-3,5-6,8-15H,4,7,16-18H2,1H3,(H,28,31). The lowest BCUT2D eigenvalue weighted by atomic mass is 10.2. The summed E-state index contributed by atoms with van der Waals surface area (Å²) in [5, 5.41) is 2.89. The molecule has 0 unspecified atom stereocenters. The Kier molecular flexibility index (Phi) is 6.80. The molecular formula is C26H26FN3O2. The molecular weight excluding hydrogens is 405 g/mol. The highest BCUT2D eigenvalue weighted by atomic mass is 19.1. The molecule has 0 spiro atoms. The highest BCUT2D eigenvalue weighted by Crippen LogP contribution is 2.18. The van der Waals surface area contributed by atoms with Gasteiger partial charge in [-0.3, -0.25) is 4.79 Å². The van der Waals surface area contributed by atoms with Gasteiger partial charge in [0.1, 0.15) is 24.0 Å². The van der Waals surface area contributed by atoms with Gasteiger partial charge in [-0.2, -0.15) is 0 Å². The summed E-state index contributed by atoms with van der Waals surface area (Å²) in [7, 11) is 0.